The lowest BCUT2D eigenvalue weighted by molar-refractivity contribution is 0.0929. The molecule has 33 heavy (non-hydrogen) atoms. The Labute approximate surface area is 213 Å². The van der Waals surface area contributed by atoms with Crippen LogP contribution in [0.4, 0.5) is 0 Å². The summed E-state index contributed by atoms with van der Waals surface area (Å²) in [6.45, 7) is 2.80. The fourth-order valence-corrected chi connectivity index (χ4v) is 4.05. The fourth-order valence-electron chi connectivity index (χ4n) is 3.12. The van der Waals surface area contributed by atoms with Crippen LogP contribution in [0.2, 0.25) is 0 Å². The summed E-state index contributed by atoms with van der Waals surface area (Å²) in [7, 11) is 0. The Morgan fingerprint density at radius 1 is 1.12 bits per heavy atom. The largest absolute Gasteiger partial charge is 0.490 e. The lowest BCUT2D eigenvalue weighted by atomic mass is 10.2. The van der Waals surface area contributed by atoms with Crippen LogP contribution in [0.25, 0.3) is 11.0 Å². The number of amides is 1. The molecule has 3 aromatic carbocycles. The van der Waals surface area contributed by atoms with Crippen molar-refractivity contribution < 1.29 is 18.7 Å². The molecule has 0 unspecified atom stereocenters. The summed E-state index contributed by atoms with van der Waals surface area (Å²) in [5.41, 5.74) is 4.94. The molecule has 0 atom stereocenters. The Balaban J connectivity index is 1.46. The Bertz CT molecular complexity index is 1270. The van der Waals surface area contributed by atoms with Gasteiger partial charge in [0.05, 0.1) is 17.3 Å². The molecule has 0 aliphatic carbocycles. The number of nitrogens with one attached hydrogen (secondary N) is 1. The molecule has 4 rings (SSSR count). The van der Waals surface area contributed by atoms with E-state index in [1.807, 2.05) is 67.6 Å². The number of carbonyl (C=O) groups excluding carboxylic acids is 1. The maximum atomic E-state index is 12.4. The molecule has 1 aromatic heterocycles. The highest BCUT2D eigenvalue weighted by molar-refractivity contribution is 14.1. The van der Waals surface area contributed by atoms with Crippen molar-refractivity contribution in [3.63, 3.8) is 0 Å². The average molecular weight is 619 g/mol. The molecule has 4 aromatic rings. The van der Waals surface area contributed by atoms with E-state index in [0.717, 1.165) is 21.0 Å². The predicted octanol–water partition coefficient (Wildman–Crippen LogP) is 6.54. The zero-order valence-corrected chi connectivity index (χ0v) is 21.4. The van der Waals surface area contributed by atoms with Crippen molar-refractivity contribution in [1.29, 1.82) is 0 Å². The van der Waals surface area contributed by atoms with Crippen molar-refractivity contribution in [1.82, 2.24) is 5.43 Å². The van der Waals surface area contributed by atoms with Gasteiger partial charge in [0, 0.05) is 8.96 Å². The molecule has 0 fully saturated rings. The number of halogens is 2. The molecule has 1 N–H and O–H groups in total. The van der Waals surface area contributed by atoms with E-state index in [1.165, 1.54) is 9.78 Å². The minimum Gasteiger partial charge on any atom is -0.490 e. The monoisotopic (exact) mass is 618 g/mol. The number of carbonyl (C=O) groups is 1. The number of hydrazone groups is 1. The highest BCUT2D eigenvalue weighted by atomic mass is 127. The third kappa shape index (κ3) is 5.94. The second-order valence-electron chi connectivity index (χ2n) is 7.03. The number of furan rings is 1. The van der Waals surface area contributed by atoms with Crippen LogP contribution in [-0.4, -0.2) is 18.7 Å². The van der Waals surface area contributed by atoms with Gasteiger partial charge in [0.1, 0.15) is 12.2 Å². The van der Waals surface area contributed by atoms with Gasteiger partial charge in [-0.25, -0.2) is 5.43 Å². The van der Waals surface area contributed by atoms with Crippen molar-refractivity contribution in [3.8, 4) is 11.5 Å². The predicted molar refractivity (Wildman–Crippen MR) is 140 cm³/mol. The number of para-hydroxylation sites is 1. The third-order valence-electron chi connectivity index (χ3n) is 4.66. The zero-order valence-electron chi connectivity index (χ0n) is 17.7. The Morgan fingerprint density at radius 2 is 1.91 bits per heavy atom. The summed E-state index contributed by atoms with van der Waals surface area (Å²) < 4.78 is 19.3. The normalized spacial score (nSPS) is 11.1. The molecule has 0 bridgehead atoms. The highest BCUT2D eigenvalue weighted by Crippen LogP contribution is 2.37. The van der Waals surface area contributed by atoms with Crippen molar-refractivity contribution in [3.05, 3.63) is 91.7 Å². The summed E-state index contributed by atoms with van der Waals surface area (Å²) in [5.74, 6) is 0.967. The smallest absolute Gasteiger partial charge is 0.307 e. The molecule has 0 saturated heterocycles. The van der Waals surface area contributed by atoms with Crippen molar-refractivity contribution in [2.24, 2.45) is 5.10 Å². The first kappa shape index (κ1) is 23.3. The van der Waals surface area contributed by atoms with Crippen LogP contribution >= 0.6 is 38.5 Å². The molecule has 0 aliphatic rings. The van der Waals surface area contributed by atoms with Gasteiger partial charge in [-0.05, 0) is 93.0 Å². The van der Waals surface area contributed by atoms with E-state index in [0.29, 0.717) is 30.3 Å². The molecular weight excluding hydrogens is 599 g/mol. The average Bonchev–Trinajstić information content (AvgIpc) is 3.24. The zero-order chi connectivity index (χ0) is 23.2. The quantitative estimate of drug-likeness (QED) is 0.138. The summed E-state index contributed by atoms with van der Waals surface area (Å²) in [5, 5.41) is 4.92. The van der Waals surface area contributed by atoms with Crippen LogP contribution in [0.3, 0.4) is 0 Å². The molecule has 1 heterocycles. The Hall–Kier alpha value is -2.85. The number of rotatable bonds is 8. The van der Waals surface area contributed by atoms with E-state index in [9.17, 15) is 4.79 Å². The number of hydrogen-bond donors (Lipinski definition) is 1. The second-order valence-corrected chi connectivity index (χ2v) is 9.13. The first-order chi connectivity index (χ1) is 16.0. The Kier molecular flexibility index (Phi) is 7.66. The van der Waals surface area contributed by atoms with E-state index < -0.39 is 5.91 Å². The van der Waals surface area contributed by atoms with Crippen molar-refractivity contribution in [2.75, 3.05) is 6.61 Å². The van der Waals surface area contributed by atoms with Gasteiger partial charge in [0.15, 0.2) is 17.3 Å². The lowest BCUT2D eigenvalue weighted by Gasteiger charge is -2.14. The minimum atomic E-state index is -0.427. The van der Waals surface area contributed by atoms with Gasteiger partial charge in [-0.2, -0.15) is 5.10 Å². The summed E-state index contributed by atoms with van der Waals surface area (Å²) in [6, 6.07) is 20.9. The number of nitrogens with zero attached hydrogens (tertiary/aromatic N) is 1. The second kappa shape index (κ2) is 10.8. The van der Waals surface area contributed by atoms with Crippen LogP contribution in [0.5, 0.6) is 11.5 Å². The first-order valence-corrected chi connectivity index (χ1v) is 12.1. The van der Waals surface area contributed by atoms with E-state index in [2.05, 4.69) is 49.0 Å². The topological polar surface area (TPSA) is 73.1 Å². The number of fused-ring (bicyclic) bond motifs is 1. The molecule has 1 amide bonds. The van der Waals surface area contributed by atoms with Gasteiger partial charge in [0.2, 0.25) is 0 Å². The standard InChI is InChI=1S/C25H20BrIN2O4/c1-2-31-22-12-17(11-20(26)24(22)32-15-16-7-9-19(27)10-8-16)14-28-29-25(30)23-13-18-5-3-4-6-21(18)33-23/h3-14H,2,15H2,1H3,(H,29,30)/b28-14+. The third-order valence-corrected chi connectivity index (χ3v) is 5.97. The van der Waals surface area contributed by atoms with Gasteiger partial charge >= 0.3 is 5.91 Å². The molecule has 0 aliphatic heterocycles. The van der Waals surface area contributed by atoms with E-state index in [-0.39, 0.29) is 5.76 Å². The minimum absolute atomic E-state index is 0.198. The first-order valence-electron chi connectivity index (χ1n) is 10.2. The van der Waals surface area contributed by atoms with Crippen LogP contribution < -0.4 is 14.9 Å². The van der Waals surface area contributed by atoms with Gasteiger partial charge < -0.3 is 13.9 Å². The summed E-state index contributed by atoms with van der Waals surface area (Å²) in [6.07, 6.45) is 1.54. The van der Waals surface area contributed by atoms with Crippen LogP contribution in [0, 0.1) is 3.57 Å². The molecule has 0 radical (unpaired) electrons. The van der Waals surface area contributed by atoms with E-state index in [1.54, 1.807) is 6.07 Å². The molecule has 168 valence electrons. The SMILES string of the molecule is CCOc1cc(/C=N/NC(=O)c2cc3ccccc3o2)cc(Br)c1OCc1ccc(I)cc1. The summed E-state index contributed by atoms with van der Waals surface area (Å²) in [4.78, 5) is 12.4. The highest BCUT2D eigenvalue weighted by Gasteiger charge is 2.13. The Morgan fingerprint density at radius 3 is 2.67 bits per heavy atom. The lowest BCUT2D eigenvalue weighted by Crippen LogP contribution is -2.16. The van der Waals surface area contributed by atoms with Gasteiger partial charge in [-0.1, -0.05) is 30.3 Å². The molecular formula is C25H20BrIN2O4. The number of hydrogen-bond acceptors (Lipinski definition) is 5. The van der Waals surface area contributed by atoms with Crippen LogP contribution in [0.1, 0.15) is 28.6 Å². The maximum absolute atomic E-state index is 12.4. The maximum Gasteiger partial charge on any atom is 0.307 e. The van der Waals surface area contributed by atoms with Crippen LogP contribution in [-0.2, 0) is 6.61 Å². The molecule has 6 nitrogen and oxygen atoms in total. The van der Waals surface area contributed by atoms with Crippen molar-refractivity contribution in [2.45, 2.75) is 13.5 Å². The van der Waals surface area contributed by atoms with Crippen molar-refractivity contribution >= 4 is 61.6 Å². The van der Waals surface area contributed by atoms with Crippen LogP contribution in [0.15, 0.2) is 80.7 Å². The number of benzene rings is 3. The molecule has 0 spiro atoms. The molecule has 0 saturated carbocycles. The summed E-state index contributed by atoms with van der Waals surface area (Å²) >= 11 is 5.83. The van der Waals surface area contributed by atoms with E-state index >= 15 is 0 Å². The van der Waals surface area contributed by atoms with Gasteiger partial charge in [-0.3, -0.25) is 4.79 Å². The number of ether oxygens (including phenoxy) is 2. The van der Waals surface area contributed by atoms with Gasteiger partial charge in [-0.15, -0.1) is 0 Å². The fraction of sp³-hybridized carbons (Fsp3) is 0.120. The van der Waals surface area contributed by atoms with E-state index in [4.69, 9.17) is 13.9 Å². The van der Waals surface area contributed by atoms with Gasteiger partial charge in [0.25, 0.3) is 0 Å². The molecule has 8 heteroatoms.